The van der Waals surface area contributed by atoms with Crippen LogP contribution in [0.1, 0.15) is 21.5 Å². The number of hydrogen-bond acceptors (Lipinski definition) is 2. The Morgan fingerprint density at radius 2 is 1.89 bits per heavy atom. The SMILES string of the molecule is COc1cc(C)cc(C)c1-c1cc(C=O)ccc1F. The van der Waals surface area contributed by atoms with Gasteiger partial charge in [-0.05, 0) is 49.2 Å². The average Bonchev–Trinajstić information content (AvgIpc) is 2.39. The van der Waals surface area contributed by atoms with Crippen LogP contribution in [0.4, 0.5) is 4.39 Å². The van der Waals surface area contributed by atoms with Crippen LogP contribution in [0.15, 0.2) is 30.3 Å². The van der Waals surface area contributed by atoms with Crippen LogP contribution >= 0.6 is 0 Å². The fourth-order valence-corrected chi connectivity index (χ4v) is 2.24. The molecule has 2 nitrogen and oxygen atoms in total. The van der Waals surface area contributed by atoms with Gasteiger partial charge in [-0.1, -0.05) is 6.07 Å². The van der Waals surface area contributed by atoms with Crippen LogP contribution in [0.5, 0.6) is 5.75 Å². The third-order valence-electron chi connectivity index (χ3n) is 3.06. The van der Waals surface area contributed by atoms with E-state index in [2.05, 4.69) is 0 Å². The third kappa shape index (κ3) is 2.50. The Morgan fingerprint density at radius 1 is 1.16 bits per heavy atom. The van der Waals surface area contributed by atoms with E-state index in [-0.39, 0.29) is 5.82 Å². The minimum atomic E-state index is -0.365. The Morgan fingerprint density at radius 3 is 2.53 bits per heavy atom. The second-order valence-electron chi connectivity index (χ2n) is 4.52. The number of aryl methyl sites for hydroxylation is 2. The maximum atomic E-state index is 14.0. The lowest BCUT2D eigenvalue weighted by Crippen LogP contribution is -1.96. The van der Waals surface area contributed by atoms with Crippen molar-refractivity contribution >= 4 is 6.29 Å². The van der Waals surface area contributed by atoms with Crippen LogP contribution in [0.3, 0.4) is 0 Å². The number of methoxy groups -OCH3 is 1. The van der Waals surface area contributed by atoms with Gasteiger partial charge in [-0.15, -0.1) is 0 Å². The first kappa shape index (κ1) is 13.3. The molecule has 0 aliphatic rings. The summed E-state index contributed by atoms with van der Waals surface area (Å²) in [6, 6.07) is 8.13. The predicted molar refractivity (Wildman–Crippen MR) is 73.2 cm³/mol. The Hall–Kier alpha value is -2.16. The quantitative estimate of drug-likeness (QED) is 0.780. The molecule has 98 valence electrons. The van der Waals surface area contributed by atoms with E-state index in [1.807, 2.05) is 26.0 Å². The van der Waals surface area contributed by atoms with Gasteiger partial charge in [0, 0.05) is 16.7 Å². The average molecular weight is 258 g/mol. The van der Waals surface area contributed by atoms with Gasteiger partial charge in [0.05, 0.1) is 7.11 Å². The summed E-state index contributed by atoms with van der Waals surface area (Å²) in [7, 11) is 1.55. The normalized spacial score (nSPS) is 10.3. The minimum Gasteiger partial charge on any atom is -0.496 e. The van der Waals surface area contributed by atoms with E-state index in [9.17, 15) is 9.18 Å². The number of hydrogen-bond donors (Lipinski definition) is 0. The first-order valence-corrected chi connectivity index (χ1v) is 5.97. The van der Waals surface area contributed by atoms with Crippen LogP contribution in [0, 0.1) is 19.7 Å². The Labute approximate surface area is 111 Å². The molecule has 0 N–H and O–H groups in total. The van der Waals surface area contributed by atoms with E-state index in [0.717, 1.165) is 11.1 Å². The van der Waals surface area contributed by atoms with Crippen molar-refractivity contribution in [1.82, 2.24) is 0 Å². The second-order valence-corrected chi connectivity index (χ2v) is 4.52. The van der Waals surface area contributed by atoms with Gasteiger partial charge in [-0.3, -0.25) is 4.79 Å². The first-order valence-electron chi connectivity index (χ1n) is 5.97. The first-order chi connectivity index (χ1) is 9.06. The van der Waals surface area contributed by atoms with Crippen LogP contribution < -0.4 is 4.74 Å². The van der Waals surface area contributed by atoms with Gasteiger partial charge < -0.3 is 4.74 Å². The summed E-state index contributed by atoms with van der Waals surface area (Å²) in [5.74, 6) is 0.246. The highest BCUT2D eigenvalue weighted by Crippen LogP contribution is 2.36. The molecule has 0 fully saturated rings. The van der Waals surface area contributed by atoms with Crippen molar-refractivity contribution in [3.63, 3.8) is 0 Å². The highest BCUT2D eigenvalue weighted by molar-refractivity contribution is 5.82. The van der Waals surface area contributed by atoms with Gasteiger partial charge >= 0.3 is 0 Å². The van der Waals surface area contributed by atoms with Crippen molar-refractivity contribution in [3.05, 3.63) is 52.8 Å². The van der Waals surface area contributed by atoms with Gasteiger partial charge in [0.15, 0.2) is 0 Å². The molecule has 2 rings (SSSR count). The zero-order valence-electron chi connectivity index (χ0n) is 11.2. The molecule has 0 spiro atoms. The molecule has 0 unspecified atom stereocenters. The number of rotatable bonds is 3. The van der Waals surface area contributed by atoms with Crippen molar-refractivity contribution in [2.75, 3.05) is 7.11 Å². The predicted octanol–water partition coefficient (Wildman–Crippen LogP) is 3.93. The standard InChI is InChI=1S/C16H15FO2/c1-10-6-11(2)16(15(7-10)19-3)13-8-12(9-18)4-5-14(13)17/h4-9H,1-3H3. The molecular weight excluding hydrogens is 243 g/mol. The monoisotopic (exact) mass is 258 g/mol. The largest absolute Gasteiger partial charge is 0.496 e. The molecule has 0 aromatic heterocycles. The van der Waals surface area contributed by atoms with Gasteiger partial charge in [-0.25, -0.2) is 4.39 Å². The highest BCUT2D eigenvalue weighted by Gasteiger charge is 2.14. The Balaban J connectivity index is 2.74. The number of carbonyl (C=O) groups is 1. The van der Waals surface area contributed by atoms with Crippen LogP contribution in [-0.2, 0) is 0 Å². The maximum Gasteiger partial charge on any atom is 0.150 e. The number of carbonyl (C=O) groups excluding carboxylic acids is 1. The molecule has 0 aliphatic heterocycles. The van der Waals surface area contributed by atoms with E-state index in [4.69, 9.17) is 4.74 Å². The molecule has 0 heterocycles. The van der Waals surface area contributed by atoms with Crippen molar-refractivity contribution in [3.8, 4) is 16.9 Å². The molecule has 0 amide bonds. The van der Waals surface area contributed by atoms with Crippen molar-refractivity contribution in [2.24, 2.45) is 0 Å². The number of ether oxygens (including phenoxy) is 1. The summed E-state index contributed by atoms with van der Waals surface area (Å²) in [6.45, 7) is 3.86. The fourth-order valence-electron chi connectivity index (χ4n) is 2.24. The zero-order valence-corrected chi connectivity index (χ0v) is 11.2. The highest BCUT2D eigenvalue weighted by atomic mass is 19.1. The molecular formula is C16H15FO2. The fraction of sp³-hybridized carbons (Fsp3) is 0.188. The molecule has 0 saturated heterocycles. The molecule has 2 aromatic carbocycles. The van der Waals surface area contributed by atoms with Crippen LogP contribution in [0.25, 0.3) is 11.1 Å². The Kier molecular flexibility index (Phi) is 3.65. The number of halogens is 1. The van der Waals surface area contributed by atoms with Gasteiger partial charge in [-0.2, -0.15) is 0 Å². The summed E-state index contributed by atoms with van der Waals surface area (Å²) in [4.78, 5) is 10.8. The molecule has 0 atom stereocenters. The molecule has 0 saturated carbocycles. The van der Waals surface area contributed by atoms with Crippen LogP contribution in [0.2, 0.25) is 0 Å². The van der Waals surface area contributed by atoms with E-state index < -0.39 is 0 Å². The van der Waals surface area contributed by atoms with Gasteiger partial charge in [0.2, 0.25) is 0 Å². The number of aldehydes is 1. The molecule has 0 radical (unpaired) electrons. The van der Waals surface area contributed by atoms with Crippen LogP contribution in [-0.4, -0.2) is 13.4 Å². The smallest absolute Gasteiger partial charge is 0.150 e. The lowest BCUT2D eigenvalue weighted by Gasteiger charge is -2.14. The maximum absolute atomic E-state index is 14.0. The lowest BCUT2D eigenvalue weighted by molar-refractivity contribution is 0.112. The molecule has 3 heteroatoms. The topological polar surface area (TPSA) is 26.3 Å². The van der Waals surface area contributed by atoms with E-state index in [0.29, 0.717) is 28.7 Å². The lowest BCUT2D eigenvalue weighted by atomic mass is 9.96. The zero-order chi connectivity index (χ0) is 14.0. The third-order valence-corrected chi connectivity index (χ3v) is 3.06. The van der Waals surface area contributed by atoms with E-state index >= 15 is 0 Å². The summed E-state index contributed by atoms with van der Waals surface area (Å²) in [5.41, 5.74) is 3.48. The number of benzene rings is 2. The minimum absolute atomic E-state index is 0.365. The summed E-state index contributed by atoms with van der Waals surface area (Å²) in [5, 5.41) is 0. The van der Waals surface area contributed by atoms with E-state index in [1.165, 1.54) is 12.1 Å². The van der Waals surface area contributed by atoms with Gasteiger partial charge in [0.1, 0.15) is 17.9 Å². The van der Waals surface area contributed by atoms with Crippen molar-refractivity contribution < 1.29 is 13.9 Å². The summed E-state index contributed by atoms with van der Waals surface area (Å²) < 4.78 is 19.4. The molecule has 0 bridgehead atoms. The summed E-state index contributed by atoms with van der Waals surface area (Å²) in [6.07, 6.45) is 0.707. The molecule has 0 aliphatic carbocycles. The van der Waals surface area contributed by atoms with Crippen molar-refractivity contribution in [1.29, 1.82) is 0 Å². The second kappa shape index (κ2) is 5.22. The Bertz CT molecular complexity index is 633. The van der Waals surface area contributed by atoms with E-state index in [1.54, 1.807) is 13.2 Å². The van der Waals surface area contributed by atoms with Crippen molar-refractivity contribution in [2.45, 2.75) is 13.8 Å². The molecule has 19 heavy (non-hydrogen) atoms. The molecule has 2 aromatic rings. The summed E-state index contributed by atoms with van der Waals surface area (Å²) >= 11 is 0. The van der Waals surface area contributed by atoms with Gasteiger partial charge in [0.25, 0.3) is 0 Å².